The van der Waals surface area contributed by atoms with E-state index in [1.165, 1.54) is 6.26 Å². The first-order chi connectivity index (χ1) is 16.6. The number of para-hydroxylation sites is 2. The van der Waals surface area contributed by atoms with Crippen LogP contribution in [0.25, 0.3) is 11.0 Å². The van der Waals surface area contributed by atoms with E-state index < -0.39 is 0 Å². The third-order valence-corrected chi connectivity index (χ3v) is 6.15. The highest BCUT2D eigenvalue weighted by Crippen LogP contribution is 2.34. The molecule has 6 nitrogen and oxygen atoms in total. The zero-order chi connectivity index (χ0) is 23.5. The van der Waals surface area contributed by atoms with Crippen molar-refractivity contribution in [3.63, 3.8) is 0 Å². The molecule has 0 bridgehead atoms. The standard InChI is InChI=1S/C27H24ClNO5/c1-2-31-23-9-5-6-10-24(23)34-25-16-32-27-19(26(25)30)11-12-22-20(27)15-29(17-33-22)14-13-18-7-3-4-8-21(18)28/h3-12,16H,2,13-15,17H2,1H3. The van der Waals surface area contributed by atoms with Crippen molar-refractivity contribution in [2.75, 3.05) is 19.9 Å². The average molecular weight is 478 g/mol. The van der Waals surface area contributed by atoms with Gasteiger partial charge in [-0.05, 0) is 49.2 Å². The molecule has 0 N–H and O–H groups in total. The third kappa shape index (κ3) is 4.47. The van der Waals surface area contributed by atoms with Crippen molar-refractivity contribution in [2.45, 2.75) is 19.9 Å². The first-order valence-electron chi connectivity index (χ1n) is 11.2. The van der Waals surface area contributed by atoms with E-state index in [2.05, 4.69) is 4.90 Å². The highest BCUT2D eigenvalue weighted by molar-refractivity contribution is 6.31. The van der Waals surface area contributed by atoms with Gasteiger partial charge in [-0.15, -0.1) is 0 Å². The van der Waals surface area contributed by atoms with Gasteiger partial charge in [0, 0.05) is 18.1 Å². The van der Waals surface area contributed by atoms with Gasteiger partial charge in [-0.2, -0.15) is 0 Å². The van der Waals surface area contributed by atoms with Gasteiger partial charge in [0.15, 0.2) is 11.5 Å². The predicted octanol–water partition coefficient (Wildman–Crippen LogP) is 6.03. The lowest BCUT2D eigenvalue weighted by Gasteiger charge is -2.29. The first kappa shape index (κ1) is 22.3. The van der Waals surface area contributed by atoms with Crippen molar-refractivity contribution in [3.8, 4) is 23.0 Å². The van der Waals surface area contributed by atoms with Crippen molar-refractivity contribution >= 4 is 22.6 Å². The van der Waals surface area contributed by atoms with Crippen molar-refractivity contribution in [2.24, 2.45) is 0 Å². The minimum absolute atomic E-state index is 0.104. The summed E-state index contributed by atoms with van der Waals surface area (Å²) in [5.41, 5.74) is 2.20. The number of halogens is 1. The zero-order valence-electron chi connectivity index (χ0n) is 18.8. The van der Waals surface area contributed by atoms with Gasteiger partial charge in [0.2, 0.25) is 11.2 Å². The van der Waals surface area contributed by atoms with Crippen LogP contribution in [-0.2, 0) is 13.0 Å². The van der Waals surface area contributed by atoms with Crippen molar-refractivity contribution in [1.82, 2.24) is 4.90 Å². The lowest BCUT2D eigenvalue weighted by atomic mass is 10.1. The Morgan fingerprint density at radius 3 is 2.62 bits per heavy atom. The summed E-state index contributed by atoms with van der Waals surface area (Å²) >= 11 is 6.30. The van der Waals surface area contributed by atoms with Crippen LogP contribution in [0.2, 0.25) is 5.02 Å². The van der Waals surface area contributed by atoms with Crippen LogP contribution < -0.4 is 19.6 Å². The maximum absolute atomic E-state index is 13.2. The summed E-state index contributed by atoms with van der Waals surface area (Å²) in [5.74, 6) is 1.85. The van der Waals surface area contributed by atoms with Crippen molar-refractivity contribution in [3.05, 3.63) is 93.3 Å². The van der Waals surface area contributed by atoms with E-state index in [-0.39, 0.29) is 11.2 Å². The molecule has 0 saturated carbocycles. The topological polar surface area (TPSA) is 61.1 Å². The SMILES string of the molecule is CCOc1ccccc1Oc1coc2c3c(ccc2c1=O)OCN(CCc1ccccc1Cl)C3. The van der Waals surface area contributed by atoms with E-state index in [1.807, 2.05) is 49.4 Å². The molecule has 0 amide bonds. The molecule has 0 aliphatic carbocycles. The van der Waals surface area contributed by atoms with E-state index in [0.717, 1.165) is 34.9 Å². The molecule has 0 fully saturated rings. The van der Waals surface area contributed by atoms with Gasteiger partial charge < -0.3 is 18.6 Å². The quantitative estimate of drug-likeness (QED) is 0.324. The molecule has 0 spiro atoms. The summed E-state index contributed by atoms with van der Waals surface area (Å²) < 4.78 is 23.4. The molecule has 1 aromatic heterocycles. The molecule has 5 rings (SSSR count). The first-order valence-corrected chi connectivity index (χ1v) is 11.6. The number of fused-ring (bicyclic) bond motifs is 3. The molecule has 0 atom stereocenters. The van der Waals surface area contributed by atoms with E-state index in [1.54, 1.807) is 18.2 Å². The van der Waals surface area contributed by atoms with E-state index in [0.29, 0.717) is 42.4 Å². The zero-order valence-corrected chi connectivity index (χ0v) is 19.5. The molecule has 174 valence electrons. The van der Waals surface area contributed by atoms with Gasteiger partial charge >= 0.3 is 0 Å². The smallest absolute Gasteiger partial charge is 0.235 e. The summed E-state index contributed by atoms with van der Waals surface area (Å²) in [6.45, 7) is 4.21. The monoisotopic (exact) mass is 477 g/mol. The summed E-state index contributed by atoms with van der Waals surface area (Å²) in [7, 11) is 0. The molecule has 0 saturated heterocycles. The average Bonchev–Trinajstić information content (AvgIpc) is 2.86. The molecule has 1 aliphatic heterocycles. The van der Waals surface area contributed by atoms with Gasteiger partial charge in [-0.1, -0.05) is 41.9 Å². The Bertz CT molecular complexity index is 1380. The number of ether oxygens (including phenoxy) is 3. The number of hydrogen-bond acceptors (Lipinski definition) is 6. The fourth-order valence-electron chi connectivity index (χ4n) is 4.06. The molecular formula is C27H24ClNO5. The molecule has 1 aliphatic rings. The Hall–Kier alpha value is -3.48. The molecule has 2 heterocycles. The van der Waals surface area contributed by atoms with Crippen molar-refractivity contribution in [1.29, 1.82) is 0 Å². The number of hydrogen-bond donors (Lipinski definition) is 0. The highest BCUT2D eigenvalue weighted by Gasteiger charge is 2.23. The molecule has 0 radical (unpaired) electrons. The van der Waals surface area contributed by atoms with E-state index >= 15 is 0 Å². The van der Waals surface area contributed by atoms with Crippen LogP contribution in [0.3, 0.4) is 0 Å². The normalized spacial score (nSPS) is 13.4. The molecule has 7 heteroatoms. The lowest BCUT2D eigenvalue weighted by Crippen LogP contribution is -2.33. The largest absolute Gasteiger partial charge is 0.490 e. The lowest BCUT2D eigenvalue weighted by molar-refractivity contribution is 0.0968. The van der Waals surface area contributed by atoms with E-state index in [9.17, 15) is 4.79 Å². The van der Waals surface area contributed by atoms with Crippen LogP contribution in [0.5, 0.6) is 23.0 Å². The Morgan fingerprint density at radius 2 is 1.79 bits per heavy atom. The van der Waals surface area contributed by atoms with Crippen LogP contribution in [0.15, 0.2) is 76.1 Å². The number of benzene rings is 3. The fourth-order valence-corrected chi connectivity index (χ4v) is 4.29. The van der Waals surface area contributed by atoms with Gasteiger partial charge in [-0.3, -0.25) is 9.69 Å². The molecule has 34 heavy (non-hydrogen) atoms. The minimum Gasteiger partial charge on any atom is -0.490 e. The summed E-state index contributed by atoms with van der Waals surface area (Å²) in [6, 6.07) is 18.6. The van der Waals surface area contributed by atoms with Crippen LogP contribution >= 0.6 is 11.6 Å². The van der Waals surface area contributed by atoms with Crippen LogP contribution in [0, 0.1) is 0 Å². The molecular weight excluding hydrogens is 454 g/mol. The Balaban J connectivity index is 1.40. The summed E-state index contributed by atoms with van der Waals surface area (Å²) in [4.78, 5) is 15.4. The van der Waals surface area contributed by atoms with Crippen LogP contribution in [0.1, 0.15) is 18.1 Å². The second kappa shape index (κ2) is 9.79. The van der Waals surface area contributed by atoms with Crippen LogP contribution in [0.4, 0.5) is 0 Å². The highest BCUT2D eigenvalue weighted by atomic mass is 35.5. The van der Waals surface area contributed by atoms with Gasteiger partial charge in [0.05, 0.1) is 17.6 Å². The number of nitrogens with zero attached hydrogens (tertiary/aromatic N) is 1. The molecule has 3 aromatic carbocycles. The predicted molar refractivity (Wildman–Crippen MR) is 131 cm³/mol. The molecule has 0 unspecified atom stereocenters. The number of rotatable bonds is 7. The minimum atomic E-state index is -0.247. The van der Waals surface area contributed by atoms with Crippen LogP contribution in [-0.4, -0.2) is 24.8 Å². The van der Waals surface area contributed by atoms with Crippen molar-refractivity contribution < 1.29 is 18.6 Å². The second-order valence-electron chi connectivity index (χ2n) is 8.00. The maximum Gasteiger partial charge on any atom is 0.235 e. The van der Waals surface area contributed by atoms with Gasteiger partial charge in [-0.25, -0.2) is 0 Å². The Kier molecular flexibility index (Phi) is 6.43. The maximum atomic E-state index is 13.2. The fraction of sp³-hybridized carbons (Fsp3) is 0.222. The van der Waals surface area contributed by atoms with Gasteiger partial charge in [0.1, 0.15) is 24.3 Å². The van der Waals surface area contributed by atoms with E-state index in [4.69, 9.17) is 30.2 Å². The Morgan fingerprint density at radius 1 is 1.00 bits per heavy atom. The second-order valence-corrected chi connectivity index (χ2v) is 8.40. The molecule has 4 aromatic rings. The summed E-state index contributed by atoms with van der Waals surface area (Å²) in [5, 5.41) is 1.21. The van der Waals surface area contributed by atoms with Gasteiger partial charge in [0.25, 0.3) is 0 Å². The summed E-state index contributed by atoms with van der Waals surface area (Å²) in [6.07, 6.45) is 2.15. The third-order valence-electron chi connectivity index (χ3n) is 5.78. The Labute approximate surface area is 202 Å².